The van der Waals surface area contributed by atoms with Crippen LogP contribution in [0.3, 0.4) is 0 Å². The maximum absolute atomic E-state index is 12.8. The molecule has 0 bridgehead atoms. The molecule has 1 heterocycles. The van der Waals surface area contributed by atoms with Gasteiger partial charge in [-0.25, -0.2) is 0 Å². The second kappa shape index (κ2) is 11.6. The van der Waals surface area contributed by atoms with Gasteiger partial charge >= 0.3 is 5.69 Å². The molecule has 3 aromatic rings. The van der Waals surface area contributed by atoms with Crippen LogP contribution < -0.4 is 10.1 Å². The lowest BCUT2D eigenvalue weighted by molar-refractivity contribution is -0.394. The third-order valence-corrected chi connectivity index (χ3v) is 7.25. The number of nitro benzene ring substituents is 2. The van der Waals surface area contributed by atoms with E-state index in [-0.39, 0.29) is 16.4 Å². The number of nitro groups is 2. The minimum atomic E-state index is -0.802. The molecule has 0 aliphatic carbocycles. The lowest BCUT2D eigenvalue weighted by atomic mass is 10.2. The highest BCUT2D eigenvalue weighted by atomic mass is 79.9. The highest BCUT2D eigenvalue weighted by molar-refractivity contribution is 9.10. The molecule has 0 spiro atoms. The van der Waals surface area contributed by atoms with Gasteiger partial charge in [0.05, 0.1) is 25.8 Å². The van der Waals surface area contributed by atoms with Crippen molar-refractivity contribution in [1.82, 2.24) is 4.90 Å². The van der Waals surface area contributed by atoms with Crippen molar-refractivity contribution in [2.24, 2.45) is 0 Å². The van der Waals surface area contributed by atoms with Crippen LogP contribution in [0.1, 0.15) is 5.56 Å². The Hall–Kier alpha value is -4.27. The van der Waals surface area contributed by atoms with Gasteiger partial charge in [0.25, 0.3) is 16.8 Å². The minimum absolute atomic E-state index is 0.0537. The van der Waals surface area contributed by atoms with Crippen molar-refractivity contribution in [1.29, 1.82) is 0 Å². The first-order valence-electron chi connectivity index (χ1n) is 10.7. The Morgan fingerprint density at radius 2 is 1.85 bits per heavy atom. The summed E-state index contributed by atoms with van der Waals surface area (Å²) in [5, 5.41) is 24.6. The average Bonchev–Trinajstić information content (AvgIpc) is 3.13. The molecule has 3 aromatic carbocycles. The van der Waals surface area contributed by atoms with E-state index in [9.17, 15) is 34.6 Å². The fraction of sp³-hybridized carbons (Fsp3) is 0.0417. The largest absolute Gasteiger partial charge is 0.450 e. The summed E-state index contributed by atoms with van der Waals surface area (Å²) in [6.45, 7) is -0.511. The van der Waals surface area contributed by atoms with E-state index in [1.165, 1.54) is 24.3 Å². The summed E-state index contributed by atoms with van der Waals surface area (Å²) in [6.07, 6.45) is 1.41. The first kappa shape index (κ1) is 27.8. The van der Waals surface area contributed by atoms with E-state index in [0.717, 1.165) is 23.1 Å². The molecule has 0 radical (unpaired) electrons. The van der Waals surface area contributed by atoms with Crippen LogP contribution in [-0.4, -0.2) is 38.3 Å². The number of ether oxygens (including phenoxy) is 1. The fourth-order valence-electron chi connectivity index (χ4n) is 3.35. The van der Waals surface area contributed by atoms with Gasteiger partial charge in [-0.05, 0) is 75.7 Å². The Morgan fingerprint density at radius 1 is 1.08 bits per heavy atom. The zero-order valence-corrected chi connectivity index (χ0v) is 22.5. The molecule has 198 valence electrons. The van der Waals surface area contributed by atoms with Crippen molar-refractivity contribution < 1.29 is 29.0 Å². The number of halogens is 2. The van der Waals surface area contributed by atoms with Gasteiger partial charge in [0.1, 0.15) is 12.3 Å². The van der Waals surface area contributed by atoms with Crippen LogP contribution in [0.5, 0.6) is 11.5 Å². The van der Waals surface area contributed by atoms with E-state index in [0.29, 0.717) is 32.5 Å². The van der Waals surface area contributed by atoms with Gasteiger partial charge in [-0.15, -0.1) is 0 Å². The quantitative estimate of drug-likeness (QED) is 0.168. The SMILES string of the molecule is O=C(CN1C(=O)S/C(=C/c2cccc(Oc3ccc([N+](=O)[O-])cc3[N+](=O)[O-])c2)C1=O)Nc1ccc(Br)c(Cl)c1. The maximum atomic E-state index is 12.8. The second-order valence-corrected chi connectivity index (χ2v) is 10.0. The van der Waals surface area contributed by atoms with Crippen molar-refractivity contribution in [2.45, 2.75) is 0 Å². The smallest absolute Gasteiger partial charge is 0.318 e. The van der Waals surface area contributed by atoms with Crippen LogP contribution in [0.15, 0.2) is 70.0 Å². The molecule has 0 aromatic heterocycles. The second-order valence-electron chi connectivity index (χ2n) is 7.79. The van der Waals surface area contributed by atoms with Gasteiger partial charge in [-0.3, -0.25) is 39.5 Å². The van der Waals surface area contributed by atoms with Crippen LogP contribution in [0, 0.1) is 20.2 Å². The number of rotatable bonds is 8. The molecule has 3 amide bonds. The first-order valence-corrected chi connectivity index (χ1v) is 12.7. The Balaban J connectivity index is 1.48. The van der Waals surface area contributed by atoms with E-state index in [4.69, 9.17) is 16.3 Å². The molecular formula is C24H14BrClN4O8S. The van der Waals surface area contributed by atoms with Gasteiger partial charge in [-0.1, -0.05) is 23.7 Å². The lowest BCUT2D eigenvalue weighted by Crippen LogP contribution is -2.36. The summed E-state index contributed by atoms with van der Waals surface area (Å²) >= 11 is 9.91. The zero-order valence-electron chi connectivity index (χ0n) is 19.3. The third-order valence-electron chi connectivity index (χ3n) is 5.11. The number of amides is 3. The van der Waals surface area contributed by atoms with E-state index < -0.39 is 44.8 Å². The molecule has 12 nitrogen and oxygen atoms in total. The molecule has 1 aliphatic rings. The molecule has 0 saturated carbocycles. The lowest BCUT2D eigenvalue weighted by Gasteiger charge is -2.12. The van der Waals surface area contributed by atoms with Crippen molar-refractivity contribution in [2.75, 3.05) is 11.9 Å². The number of carbonyl (C=O) groups is 3. The third kappa shape index (κ3) is 6.60. The minimum Gasteiger partial charge on any atom is -0.450 e. The Kier molecular flexibility index (Phi) is 8.28. The van der Waals surface area contributed by atoms with Crippen LogP contribution in [0.2, 0.25) is 5.02 Å². The maximum Gasteiger partial charge on any atom is 0.318 e. The molecule has 4 rings (SSSR count). The molecular weight excluding hydrogens is 620 g/mol. The van der Waals surface area contributed by atoms with Gasteiger partial charge in [0.2, 0.25) is 11.7 Å². The Morgan fingerprint density at radius 3 is 2.54 bits per heavy atom. The van der Waals surface area contributed by atoms with E-state index in [1.807, 2.05) is 0 Å². The number of non-ortho nitro benzene ring substituents is 1. The fourth-order valence-corrected chi connectivity index (χ4v) is 4.61. The van der Waals surface area contributed by atoms with Crippen LogP contribution >= 0.6 is 39.3 Å². The first-order chi connectivity index (χ1) is 18.5. The van der Waals surface area contributed by atoms with Crippen molar-refractivity contribution >= 4 is 79.5 Å². The highest BCUT2D eigenvalue weighted by Crippen LogP contribution is 2.36. The number of benzene rings is 3. The molecule has 1 fully saturated rings. The van der Waals surface area contributed by atoms with Crippen molar-refractivity contribution in [3.63, 3.8) is 0 Å². The predicted molar refractivity (Wildman–Crippen MR) is 147 cm³/mol. The van der Waals surface area contributed by atoms with E-state index in [1.54, 1.807) is 24.3 Å². The Bertz CT molecular complexity index is 1580. The van der Waals surface area contributed by atoms with Crippen molar-refractivity contribution in [3.05, 3.63) is 101 Å². The Labute approximate surface area is 237 Å². The molecule has 1 aliphatic heterocycles. The number of carbonyl (C=O) groups excluding carboxylic acids is 3. The monoisotopic (exact) mass is 632 g/mol. The summed E-state index contributed by atoms with van der Waals surface area (Å²) < 4.78 is 6.21. The van der Waals surface area contributed by atoms with Crippen molar-refractivity contribution in [3.8, 4) is 11.5 Å². The molecule has 0 unspecified atom stereocenters. The summed E-state index contributed by atoms with van der Waals surface area (Å²) in [7, 11) is 0. The molecule has 1 saturated heterocycles. The average molecular weight is 634 g/mol. The van der Waals surface area contributed by atoms with Gasteiger partial charge in [0, 0.05) is 16.2 Å². The standard InChI is InChI=1S/C24H14BrClN4O8S/c25-17-6-4-14(10-18(17)26)27-22(31)12-28-23(32)21(39-24(28)33)9-13-2-1-3-16(8-13)38-20-7-5-15(29(34)35)11-19(20)30(36)37/h1-11H,12H2,(H,27,31)/b21-9+. The number of hydrogen-bond donors (Lipinski definition) is 1. The number of hydrogen-bond acceptors (Lipinski definition) is 9. The molecule has 39 heavy (non-hydrogen) atoms. The molecule has 0 atom stereocenters. The van der Waals surface area contributed by atoms with Crippen LogP contribution in [0.4, 0.5) is 21.9 Å². The number of anilines is 1. The van der Waals surface area contributed by atoms with E-state index >= 15 is 0 Å². The summed E-state index contributed by atoms with van der Waals surface area (Å²) in [5.74, 6) is -1.35. The number of nitrogens with zero attached hydrogens (tertiary/aromatic N) is 3. The van der Waals surface area contributed by atoms with Gasteiger partial charge < -0.3 is 10.1 Å². The summed E-state index contributed by atoms with van der Waals surface area (Å²) in [6, 6.07) is 13.8. The topological polar surface area (TPSA) is 162 Å². The predicted octanol–water partition coefficient (Wildman–Crippen LogP) is 6.39. The number of nitrogens with one attached hydrogen (secondary N) is 1. The van der Waals surface area contributed by atoms with Crippen LogP contribution in [0.25, 0.3) is 6.08 Å². The normalized spacial score (nSPS) is 14.0. The number of thioether (sulfide) groups is 1. The van der Waals surface area contributed by atoms with E-state index in [2.05, 4.69) is 21.2 Å². The summed E-state index contributed by atoms with van der Waals surface area (Å²) in [5.41, 5.74) is -0.246. The molecule has 15 heteroatoms. The summed E-state index contributed by atoms with van der Waals surface area (Å²) in [4.78, 5) is 59.3. The van der Waals surface area contributed by atoms with Gasteiger partial charge in [-0.2, -0.15) is 0 Å². The van der Waals surface area contributed by atoms with Crippen LogP contribution in [-0.2, 0) is 9.59 Å². The number of imide groups is 1. The zero-order chi connectivity index (χ0) is 28.3. The molecule has 1 N–H and O–H groups in total. The highest BCUT2D eigenvalue weighted by Gasteiger charge is 2.36. The van der Waals surface area contributed by atoms with Gasteiger partial charge in [0.15, 0.2) is 0 Å².